The maximum atomic E-state index is 13.7. The van der Waals surface area contributed by atoms with Crippen molar-refractivity contribution in [2.75, 3.05) is 0 Å². The summed E-state index contributed by atoms with van der Waals surface area (Å²) in [4.78, 5) is 0. The third-order valence-corrected chi connectivity index (χ3v) is 16.8. The summed E-state index contributed by atoms with van der Waals surface area (Å²) in [5.41, 5.74) is 6.97. The van der Waals surface area contributed by atoms with Crippen LogP contribution in [-0.2, 0) is 22.9 Å². The van der Waals surface area contributed by atoms with E-state index in [1.807, 2.05) is 12.1 Å². The summed E-state index contributed by atoms with van der Waals surface area (Å²) in [5, 5.41) is 0. The van der Waals surface area contributed by atoms with Gasteiger partial charge in [0.05, 0.1) is 0 Å². The van der Waals surface area contributed by atoms with Crippen molar-refractivity contribution < 1.29 is 56.5 Å². The van der Waals surface area contributed by atoms with E-state index in [2.05, 4.69) is 39.8 Å². The van der Waals surface area contributed by atoms with Gasteiger partial charge in [-0.1, -0.05) is 18.5 Å². The molecule has 3 aliphatic rings. The molecule has 0 aromatic heterocycles. The molecule has 2 unspecified atom stereocenters. The standard InChI is InChI=1S/2C13H12F.C3H8Si.2ClH.Hf/c2*1-9-6-10(2)13(7-9)11-4-3-5-12(14)8-11;1-2-4-3-1;;;/h2*3-5,7-9H,1-2H3;1-4H2;2*1H;/q;;;;;+2/p-2. The largest absolute Gasteiger partial charge is 1.00 e. The molecule has 1 aliphatic heterocycles. The molecular formula is C29H32Cl2F2HfSi. The minimum Gasteiger partial charge on any atom is -1.00 e. The Morgan fingerprint density at radius 1 is 0.743 bits per heavy atom. The van der Waals surface area contributed by atoms with Gasteiger partial charge in [-0.2, -0.15) is 0 Å². The van der Waals surface area contributed by atoms with Gasteiger partial charge in [0.2, 0.25) is 0 Å². The van der Waals surface area contributed by atoms with Crippen LogP contribution in [-0.4, -0.2) is 9.52 Å². The van der Waals surface area contributed by atoms with Crippen LogP contribution in [0.2, 0.25) is 12.1 Å². The van der Waals surface area contributed by atoms with Crippen LogP contribution in [0, 0.1) is 23.5 Å². The van der Waals surface area contributed by atoms with Gasteiger partial charge in [0.15, 0.2) is 0 Å². The predicted octanol–water partition coefficient (Wildman–Crippen LogP) is 1.77. The first-order chi connectivity index (χ1) is 15.8. The van der Waals surface area contributed by atoms with Gasteiger partial charge in [0, 0.05) is 9.52 Å². The zero-order chi connectivity index (χ0) is 23.5. The Bertz CT molecular complexity index is 1090. The Morgan fingerprint density at radius 2 is 1.11 bits per heavy atom. The Hall–Kier alpha value is -1.07. The molecule has 0 spiro atoms. The second-order valence-corrected chi connectivity index (χ2v) is 16.3. The number of allylic oxidation sites excluding steroid dienone is 8. The van der Waals surface area contributed by atoms with E-state index in [-0.39, 0.29) is 36.4 Å². The number of rotatable bonds is 4. The third-order valence-electron chi connectivity index (χ3n) is 6.90. The van der Waals surface area contributed by atoms with Crippen molar-refractivity contribution in [1.82, 2.24) is 0 Å². The molecular weight excluding hydrogens is 664 g/mol. The molecule has 0 radical (unpaired) electrons. The Morgan fingerprint density at radius 3 is 1.43 bits per heavy atom. The topological polar surface area (TPSA) is 0 Å². The van der Waals surface area contributed by atoms with Crippen molar-refractivity contribution in [3.63, 3.8) is 0 Å². The van der Waals surface area contributed by atoms with E-state index < -0.39 is 22.9 Å². The van der Waals surface area contributed by atoms with Crippen LogP contribution in [0.3, 0.4) is 0 Å². The zero-order valence-corrected chi connectivity index (χ0v) is 27.3. The first-order valence-corrected chi connectivity index (χ1v) is 17.6. The van der Waals surface area contributed by atoms with E-state index in [0.717, 1.165) is 11.1 Å². The fraction of sp³-hybridized carbons (Fsp3) is 0.310. The van der Waals surface area contributed by atoms with Crippen LogP contribution in [0.1, 0.15) is 45.2 Å². The molecule has 6 heteroatoms. The second kappa shape index (κ2) is 13.5. The van der Waals surface area contributed by atoms with Gasteiger partial charge in [-0.15, -0.1) is 0 Å². The van der Waals surface area contributed by atoms with Crippen LogP contribution in [0.25, 0.3) is 11.1 Å². The Balaban J connectivity index is 0.000000655. The summed E-state index contributed by atoms with van der Waals surface area (Å²) >= 11 is -1.27. The molecule has 2 aliphatic carbocycles. The van der Waals surface area contributed by atoms with Crippen LogP contribution >= 0.6 is 0 Å². The molecule has 1 fully saturated rings. The predicted molar refractivity (Wildman–Crippen MR) is 135 cm³/mol. The average molecular weight is 696 g/mol. The van der Waals surface area contributed by atoms with E-state index in [9.17, 15) is 8.78 Å². The summed E-state index contributed by atoms with van der Waals surface area (Å²) in [6.07, 6.45) is 6.15. The van der Waals surface area contributed by atoms with Crippen LogP contribution in [0.4, 0.5) is 8.78 Å². The third kappa shape index (κ3) is 7.03. The summed E-state index contributed by atoms with van der Waals surface area (Å²) in [7, 11) is 0.605. The molecule has 1 saturated heterocycles. The van der Waals surface area contributed by atoms with E-state index in [4.69, 9.17) is 0 Å². The van der Waals surface area contributed by atoms with E-state index >= 15 is 0 Å². The van der Waals surface area contributed by atoms with Crippen molar-refractivity contribution in [3.05, 3.63) is 101 Å². The fourth-order valence-corrected chi connectivity index (χ4v) is 10.7. The molecule has 2 atom stereocenters. The van der Waals surface area contributed by atoms with Crippen molar-refractivity contribution in [2.45, 2.75) is 46.2 Å². The van der Waals surface area contributed by atoms with Gasteiger partial charge in [-0.3, -0.25) is 0 Å². The molecule has 184 valence electrons. The molecule has 2 aromatic rings. The minimum absolute atomic E-state index is 0. The molecule has 0 bridgehead atoms. The average Bonchev–Trinajstić information content (AvgIpc) is 3.17. The molecule has 2 aromatic carbocycles. The van der Waals surface area contributed by atoms with Crippen LogP contribution in [0.5, 0.6) is 0 Å². The molecule has 0 nitrogen and oxygen atoms in total. The van der Waals surface area contributed by atoms with Gasteiger partial charge in [-0.05, 0) is 0 Å². The normalized spacial score (nSPS) is 20.5. The van der Waals surface area contributed by atoms with Crippen molar-refractivity contribution in [3.8, 4) is 0 Å². The summed E-state index contributed by atoms with van der Waals surface area (Å²) in [6.45, 7) is 8.90. The Kier molecular flexibility index (Phi) is 11.6. The minimum atomic E-state index is -1.27. The number of benzene rings is 2. The van der Waals surface area contributed by atoms with Gasteiger partial charge >= 0.3 is 184 Å². The van der Waals surface area contributed by atoms with Crippen molar-refractivity contribution in [1.29, 1.82) is 0 Å². The molecule has 0 N–H and O–H groups in total. The van der Waals surface area contributed by atoms with Gasteiger partial charge < -0.3 is 24.8 Å². The maximum absolute atomic E-state index is 13.7. The molecule has 0 amide bonds. The van der Waals surface area contributed by atoms with Crippen LogP contribution < -0.4 is 24.8 Å². The number of hydrogen-bond donors (Lipinski definition) is 0. The number of hydrogen-bond acceptors (Lipinski definition) is 0. The molecule has 35 heavy (non-hydrogen) atoms. The smallest absolute Gasteiger partial charge is 1.00 e. The SMILES string of the molecule is C1C[SiH2]C1.CC1=[C]([Hf+2][C]2=C(C)C(c3cccc(F)c3)=CC2C)C(C)C=C1c1cccc(F)c1.[Cl-].[Cl-]. The first kappa shape index (κ1) is 30.2. The maximum Gasteiger partial charge on any atom is -1.00 e. The zero-order valence-electron chi connectivity index (χ0n) is 20.8. The summed E-state index contributed by atoms with van der Waals surface area (Å²) < 4.78 is 30.6. The van der Waals surface area contributed by atoms with Crippen molar-refractivity contribution in [2.24, 2.45) is 11.8 Å². The van der Waals surface area contributed by atoms with E-state index in [1.54, 1.807) is 49.4 Å². The van der Waals surface area contributed by atoms with Gasteiger partial charge in [0.25, 0.3) is 0 Å². The molecule has 5 rings (SSSR count). The summed E-state index contributed by atoms with van der Waals surface area (Å²) in [5.74, 6) is 0.433. The fourth-order valence-electron chi connectivity index (χ4n) is 4.64. The summed E-state index contributed by atoms with van der Waals surface area (Å²) in [6, 6.07) is 17.1. The van der Waals surface area contributed by atoms with Gasteiger partial charge in [-0.25, -0.2) is 0 Å². The quantitative estimate of drug-likeness (QED) is 0.429. The molecule has 1 heterocycles. The van der Waals surface area contributed by atoms with Crippen molar-refractivity contribution >= 4 is 20.7 Å². The second-order valence-electron chi connectivity index (χ2n) is 9.38. The Labute approximate surface area is 235 Å². The van der Waals surface area contributed by atoms with Crippen LogP contribution in [0.15, 0.2) is 78.5 Å². The van der Waals surface area contributed by atoms with E-state index in [0.29, 0.717) is 21.4 Å². The monoisotopic (exact) mass is 696 g/mol. The first-order valence-electron chi connectivity index (χ1n) is 12.0. The van der Waals surface area contributed by atoms with Gasteiger partial charge in [0.1, 0.15) is 0 Å². The van der Waals surface area contributed by atoms with E-state index in [1.165, 1.54) is 34.4 Å². The molecule has 0 saturated carbocycles. The number of halogens is 4.